The van der Waals surface area contributed by atoms with Crippen molar-refractivity contribution in [1.82, 2.24) is 9.97 Å². The van der Waals surface area contributed by atoms with E-state index in [1.54, 1.807) is 6.33 Å². The monoisotopic (exact) mass is 276 g/mol. The molecule has 0 aliphatic carbocycles. The highest BCUT2D eigenvalue weighted by Crippen LogP contribution is 2.22. The molecule has 2 rings (SSSR count). The molecule has 100 valence electrons. The Labute approximate surface area is 118 Å². The van der Waals surface area contributed by atoms with Gasteiger partial charge < -0.3 is 10.2 Å². The molecule has 2 aromatic rings. The van der Waals surface area contributed by atoms with Crippen molar-refractivity contribution >= 4 is 23.2 Å². The van der Waals surface area contributed by atoms with E-state index in [-0.39, 0.29) is 0 Å². The molecule has 1 N–H and O–H groups in total. The van der Waals surface area contributed by atoms with Gasteiger partial charge in [0.1, 0.15) is 18.0 Å². The Bertz CT molecular complexity index is 554. The van der Waals surface area contributed by atoms with Gasteiger partial charge in [0.05, 0.1) is 0 Å². The molecular weight excluding hydrogens is 260 g/mol. The van der Waals surface area contributed by atoms with Crippen LogP contribution >= 0.6 is 11.6 Å². The smallest absolute Gasteiger partial charge is 0.137 e. The quantitative estimate of drug-likeness (QED) is 0.932. The Morgan fingerprint density at radius 1 is 1.21 bits per heavy atom. The van der Waals surface area contributed by atoms with Crippen LogP contribution in [0.1, 0.15) is 11.1 Å². The summed E-state index contributed by atoms with van der Waals surface area (Å²) in [5.41, 5.74) is 2.23. The first kappa shape index (κ1) is 13.6. The minimum atomic E-state index is 0.752. The topological polar surface area (TPSA) is 41.1 Å². The van der Waals surface area contributed by atoms with E-state index in [2.05, 4.69) is 20.2 Å². The lowest BCUT2D eigenvalue weighted by Crippen LogP contribution is -2.19. The van der Waals surface area contributed by atoms with Crippen molar-refractivity contribution in [2.45, 2.75) is 13.5 Å². The standard InChI is InChI=1S/C14H17ClN4/c1-10-13(16-2)17-9-18-14(10)19(3)8-11-4-6-12(15)7-5-11/h4-7,9H,8H2,1-3H3,(H,16,17,18). The van der Waals surface area contributed by atoms with Crippen LogP contribution < -0.4 is 10.2 Å². The first-order valence-electron chi connectivity index (χ1n) is 6.06. The average Bonchev–Trinajstić information content (AvgIpc) is 2.41. The Balaban J connectivity index is 2.20. The van der Waals surface area contributed by atoms with Crippen LogP contribution in [0.2, 0.25) is 5.02 Å². The first-order valence-corrected chi connectivity index (χ1v) is 6.44. The highest BCUT2D eigenvalue weighted by atomic mass is 35.5. The van der Waals surface area contributed by atoms with Crippen LogP contribution in [-0.2, 0) is 6.54 Å². The molecule has 5 heteroatoms. The summed E-state index contributed by atoms with van der Waals surface area (Å²) in [7, 11) is 3.88. The van der Waals surface area contributed by atoms with Crippen LogP contribution in [0.15, 0.2) is 30.6 Å². The van der Waals surface area contributed by atoms with Crippen molar-refractivity contribution in [3.05, 3.63) is 46.7 Å². The third kappa shape index (κ3) is 3.15. The van der Waals surface area contributed by atoms with Crippen LogP contribution in [0.4, 0.5) is 11.6 Å². The second-order valence-corrected chi connectivity index (χ2v) is 4.84. The molecule has 0 saturated carbocycles. The highest BCUT2D eigenvalue weighted by Gasteiger charge is 2.10. The molecule has 0 saturated heterocycles. The van der Waals surface area contributed by atoms with Crippen LogP contribution in [-0.4, -0.2) is 24.1 Å². The summed E-state index contributed by atoms with van der Waals surface area (Å²) in [6, 6.07) is 7.84. The zero-order valence-corrected chi connectivity index (χ0v) is 12.1. The van der Waals surface area contributed by atoms with Gasteiger partial charge >= 0.3 is 0 Å². The Morgan fingerprint density at radius 2 is 1.89 bits per heavy atom. The number of nitrogens with one attached hydrogen (secondary N) is 1. The summed E-state index contributed by atoms with van der Waals surface area (Å²) < 4.78 is 0. The zero-order chi connectivity index (χ0) is 13.8. The van der Waals surface area contributed by atoms with Crippen molar-refractivity contribution < 1.29 is 0 Å². The van der Waals surface area contributed by atoms with Crippen molar-refractivity contribution in [3.8, 4) is 0 Å². The molecule has 0 bridgehead atoms. The molecular formula is C14H17ClN4. The molecule has 0 aliphatic heterocycles. The molecule has 0 aliphatic rings. The summed E-state index contributed by atoms with van der Waals surface area (Å²) in [5.74, 6) is 1.78. The maximum atomic E-state index is 5.89. The van der Waals surface area contributed by atoms with Crippen molar-refractivity contribution in [2.24, 2.45) is 0 Å². The number of anilines is 2. The van der Waals surface area contributed by atoms with Crippen molar-refractivity contribution in [1.29, 1.82) is 0 Å². The van der Waals surface area contributed by atoms with Gasteiger partial charge in [0.25, 0.3) is 0 Å². The van der Waals surface area contributed by atoms with Gasteiger partial charge in [-0.2, -0.15) is 0 Å². The average molecular weight is 277 g/mol. The fourth-order valence-corrected chi connectivity index (χ4v) is 2.14. The molecule has 1 heterocycles. The predicted molar refractivity (Wildman–Crippen MR) is 79.9 cm³/mol. The van der Waals surface area contributed by atoms with Gasteiger partial charge in [0.2, 0.25) is 0 Å². The number of halogens is 1. The highest BCUT2D eigenvalue weighted by molar-refractivity contribution is 6.30. The summed E-state index contributed by atoms with van der Waals surface area (Å²) in [4.78, 5) is 10.6. The van der Waals surface area contributed by atoms with Crippen LogP contribution in [0.25, 0.3) is 0 Å². The van der Waals surface area contributed by atoms with Gasteiger partial charge in [-0.15, -0.1) is 0 Å². The van der Waals surface area contributed by atoms with E-state index in [9.17, 15) is 0 Å². The minimum Gasteiger partial charge on any atom is -0.373 e. The van der Waals surface area contributed by atoms with Crippen LogP contribution in [0, 0.1) is 6.92 Å². The summed E-state index contributed by atoms with van der Waals surface area (Å²) in [6.45, 7) is 2.79. The van der Waals surface area contributed by atoms with Gasteiger partial charge in [0, 0.05) is 31.2 Å². The maximum absolute atomic E-state index is 5.89. The van der Waals surface area contributed by atoms with E-state index in [0.29, 0.717) is 0 Å². The molecule has 19 heavy (non-hydrogen) atoms. The third-order valence-corrected chi connectivity index (χ3v) is 3.24. The number of benzene rings is 1. The normalized spacial score (nSPS) is 10.3. The Hall–Kier alpha value is -1.81. The predicted octanol–water partition coefficient (Wildman–Crippen LogP) is 3.12. The summed E-state index contributed by atoms with van der Waals surface area (Å²) >= 11 is 5.89. The summed E-state index contributed by atoms with van der Waals surface area (Å²) in [6.07, 6.45) is 1.58. The van der Waals surface area contributed by atoms with E-state index < -0.39 is 0 Å². The third-order valence-electron chi connectivity index (χ3n) is 2.99. The fourth-order valence-electron chi connectivity index (χ4n) is 2.02. The van der Waals surface area contributed by atoms with E-state index >= 15 is 0 Å². The molecule has 0 radical (unpaired) electrons. The Morgan fingerprint density at radius 3 is 2.53 bits per heavy atom. The lowest BCUT2D eigenvalue weighted by Gasteiger charge is -2.21. The SMILES string of the molecule is CNc1ncnc(N(C)Cc2ccc(Cl)cc2)c1C. The number of hydrogen-bond donors (Lipinski definition) is 1. The Kier molecular flexibility index (Phi) is 4.22. The van der Waals surface area contributed by atoms with Gasteiger partial charge in [-0.3, -0.25) is 0 Å². The van der Waals surface area contributed by atoms with Gasteiger partial charge in [-0.25, -0.2) is 9.97 Å². The van der Waals surface area contributed by atoms with Gasteiger partial charge in [-0.05, 0) is 24.6 Å². The van der Waals surface area contributed by atoms with Gasteiger partial charge in [0.15, 0.2) is 0 Å². The maximum Gasteiger partial charge on any atom is 0.137 e. The van der Waals surface area contributed by atoms with E-state index in [4.69, 9.17) is 11.6 Å². The van der Waals surface area contributed by atoms with Crippen LogP contribution in [0.5, 0.6) is 0 Å². The first-order chi connectivity index (χ1) is 9.11. The van der Waals surface area contributed by atoms with E-state index in [0.717, 1.165) is 28.8 Å². The number of nitrogens with zero attached hydrogens (tertiary/aromatic N) is 3. The number of rotatable bonds is 4. The summed E-state index contributed by atoms with van der Waals surface area (Å²) in [5, 5.41) is 3.82. The number of hydrogen-bond acceptors (Lipinski definition) is 4. The molecule has 0 atom stereocenters. The zero-order valence-electron chi connectivity index (χ0n) is 11.3. The lowest BCUT2D eigenvalue weighted by atomic mass is 10.2. The van der Waals surface area contributed by atoms with Crippen LogP contribution in [0.3, 0.4) is 0 Å². The van der Waals surface area contributed by atoms with E-state index in [1.807, 2.05) is 45.3 Å². The molecule has 0 spiro atoms. The lowest BCUT2D eigenvalue weighted by molar-refractivity contribution is 0.883. The minimum absolute atomic E-state index is 0.752. The van der Waals surface area contributed by atoms with E-state index in [1.165, 1.54) is 5.56 Å². The van der Waals surface area contributed by atoms with Crippen molar-refractivity contribution in [2.75, 3.05) is 24.3 Å². The second kappa shape index (κ2) is 5.89. The van der Waals surface area contributed by atoms with Gasteiger partial charge in [-0.1, -0.05) is 23.7 Å². The molecule has 0 fully saturated rings. The molecule has 0 amide bonds. The molecule has 0 unspecified atom stereocenters. The molecule has 1 aromatic heterocycles. The number of aromatic nitrogens is 2. The van der Waals surface area contributed by atoms with Crippen molar-refractivity contribution in [3.63, 3.8) is 0 Å². The molecule has 1 aromatic carbocycles. The largest absolute Gasteiger partial charge is 0.373 e. The molecule has 4 nitrogen and oxygen atoms in total. The fraction of sp³-hybridized carbons (Fsp3) is 0.286. The second-order valence-electron chi connectivity index (χ2n) is 4.40.